The molecule has 1 N–H and O–H groups in total. The van der Waals surface area contributed by atoms with Gasteiger partial charge in [-0.1, -0.05) is 42.0 Å². The van der Waals surface area contributed by atoms with E-state index in [1.165, 1.54) is 36.8 Å². The second-order valence-corrected chi connectivity index (χ2v) is 6.89. The van der Waals surface area contributed by atoms with Crippen molar-refractivity contribution in [2.45, 2.75) is 45.6 Å². The third kappa shape index (κ3) is 5.64. The molecule has 142 valence electrons. The molecule has 0 atom stereocenters. The van der Waals surface area contributed by atoms with E-state index in [1.807, 2.05) is 18.2 Å². The number of nitrogens with zero attached hydrogens (tertiary/aromatic N) is 3. The second kappa shape index (κ2) is 9.86. The molecule has 0 spiro atoms. The van der Waals surface area contributed by atoms with Crippen molar-refractivity contribution in [1.82, 2.24) is 15.3 Å². The largest absolute Gasteiger partial charge is 0.352 e. The molecule has 0 bridgehead atoms. The van der Waals surface area contributed by atoms with E-state index in [4.69, 9.17) is 0 Å². The Morgan fingerprint density at radius 3 is 2.59 bits per heavy atom. The number of benzene rings is 1. The number of carbonyl (C=O) groups is 1. The van der Waals surface area contributed by atoms with Crippen LogP contribution in [0.5, 0.6) is 0 Å². The predicted molar refractivity (Wildman–Crippen MR) is 109 cm³/mol. The molecule has 1 heterocycles. The monoisotopic (exact) mass is 364 g/mol. The first-order valence-electron chi connectivity index (χ1n) is 9.83. The number of allylic oxidation sites excluding steroid dienone is 1. The Balaban J connectivity index is 1.53. The Kier molecular flexibility index (Phi) is 6.97. The molecule has 27 heavy (non-hydrogen) atoms. The number of amides is 1. The molecule has 1 aromatic carbocycles. The molecule has 3 rings (SSSR count). The Morgan fingerprint density at radius 1 is 1.15 bits per heavy atom. The van der Waals surface area contributed by atoms with Crippen LogP contribution < -0.4 is 10.2 Å². The molecule has 1 aromatic heterocycles. The van der Waals surface area contributed by atoms with Gasteiger partial charge in [-0.3, -0.25) is 4.79 Å². The van der Waals surface area contributed by atoms with Crippen molar-refractivity contribution in [3.8, 4) is 0 Å². The normalized spacial score (nSPS) is 13.7. The maximum Gasteiger partial charge on any atom is 0.254 e. The standard InChI is InChI=1S/C22H28N4O/c1-2-26(17-19-11-7-4-8-12-19)22-24-15-20(16-25-22)21(27)23-14-13-18-9-5-3-6-10-18/h4,7-9,11-12,15-16H,2-3,5-6,10,13-14,17H2,1H3,(H,23,27). The Labute approximate surface area is 161 Å². The minimum absolute atomic E-state index is 0.107. The summed E-state index contributed by atoms with van der Waals surface area (Å²) in [7, 11) is 0. The third-order valence-corrected chi connectivity index (χ3v) is 4.90. The van der Waals surface area contributed by atoms with Crippen LogP contribution in [0.15, 0.2) is 54.4 Å². The number of nitrogens with one attached hydrogen (secondary N) is 1. The minimum Gasteiger partial charge on any atom is -0.352 e. The van der Waals surface area contributed by atoms with Gasteiger partial charge in [-0.05, 0) is 44.6 Å². The maximum absolute atomic E-state index is 12.3. The zero-order chi connectivity index (χ0) is 18.9. The Hall–Kier alpha value is -2.69. The Morgan fingerprint density at radius 2 is 1.93 bits per heavy atom. The number of aromatic nitrogens is 2. The SMILES string of the molecule is CCN(Cc1ccccc1)c1ncc(C(=O)NCCC2=CCCCC2)cn1. The summed E-state index contributed by atoms with van der Waals surface area (Å²) in [4.78, 5) is 23.2. The average molecular weight is 364 g/mol. The van der Waals surface area contributed by atoms with E-state index in [1.54, 1.807) is 12.4 Å². The van der Waals surface area contributed by atoms with Crippen molar-refractivity contribution in [3.63, 3.8) is 0 Å². The fourth-order valence-electron chi connectivity index (χ4n) is 3.30. The topological polar surface area (TPSA) is 58.1 Å². The van der Waals surface area contributed by atoms with Gasteiger partial charge >= 0.3 is 0 Å². The quantitative estimate of drug-likeness (QED) is 0.716. The van der Waals surface area contributed by atoms with Crippen LogP contribution in [0.4, 0.5) is 5.95 Å². The van der Waals surface area contributed by atoms with E-state index in [2.05, 4.69) is 45.3 Å². The van der Waals surface area contributed by atoms with Crippen molar-refractivity contribution in [2.75, 3.05) is 18.0 Å². The van der Waals surface area contributed by atoms with Crippen molar-refractivity contribution < 1.29 is 4.79 Å². The second-order valence-electron chi connectivity index (χ2n) is 6.89. The van der Waals surface area contributed by atoms with Crippen LogP contribution in [0.25, 0.3) is 0 Å². The molecule has 0 fully saturated rings. The number of anilines is 1. The molecule has 0 saturated carbocycles. The molecule has 1 amide bonds. The summed E-state index contributed by atoms with van der Waals surface area (Å²) in [6, 6.07) is 10.2. The van der Waals surface area contributed by atoms with Gasteiger partial charge in [0.15, 0.2) is 0 Å². The molecule has 0 radical (unpaired) electrons. The van der Waals surface area contributed by atoms with E-state index >= 15 is 0 Å². The van der Waals surface area contributed by atoms with Crippen molar-refractivity contribution in [2.24, 2.45) is 0 Å². The van der Waals surface area contributed by atoms with E-state index in [-0.39, 0.29) is 5.91 Å². The van der Waals surface area contributed by atoms with Gasteiger partial charge in [0.2, 0.25) is 5.95 Å². The summed E-state index contributed by atoms with van der Waals surface area (Å²) in [5.41, 5.74) is 3.18. The highest BCUT2D eigenvalue weighted by Gasteiger charge is 2.11. The summed E-state index contributed by atoms with van der Waals surface area (Å²) < 4.78 is 0. The molecule has 0 aliphatic heterocycles. The molecule has 5 nitrogen and oxygen atoms in total. The first kappa shape index (κ1) is 19.1. The maximum atomic E-state index is 12.3. The lowest BCUT2D eigenvalue weighted by molar-refractivity contribution is 0.0953. The Bertz CT molecular complexity index is 756. The van der Waals surface area contributed by atoms with Gasteiger partial charge in [0.05, 0.1) is 5.56 Å². The number of hydrogen-bond acceptors (Lipinski definition) is 4. The highest BCUT2D eigenvalue weighted by molar-refractivity contribution is 5.93. The predicted octanol–water partition coefficient (Wildman–Crippen LogP) is 4.12. The summed E-state index contributed by atoms with van der Waals surface area (Å²) in [5.74, 6) is 0.536. The van der Waals surface area contributed by atoms with E-state index in [0.29, 0.717) is 18.1 Å². The molecular weight excluding hydrogens is 336 g/mol. The minimum atomic E-state index is -0.107. The van der Waals surface area contributed by atoms with Crippen LogP contribution >= 0.6 is 0 Å². The van der Waals surface area contributed by atoms with Gasteiger partial charge in [0.1, 0.15) is 0 Å². The molecule has 0 unspecified atom stereocenters. The molecule has 0 saturated heterocycles. The van der Waals surface area contributed by atoms with Crippen LogP contribution in [0, 0.1) is 0 Å². The van der Waals surface area contributed by atoms with Gasteiger partial charge in [-0.15, -0.1) is 0 Å². The molecule has 5 heteroatoms. The van der Waals surface area contributed by atoms with E-state index < -0.39 is 0 Å². The molecule has 1 aliphatic carbocycles. The molecule has 1 aliphatic rings. The smallest absolute Gasteiger partial charge is 0.254 e. The van der Waals surface area contributed by atoms with Crippen LogP contribution in [-0.4, -0.2) is 29.0 Å². The lowest BCUT2D eigenvalue weighted by Gasteiger charge is -2.20. The number of rotatable bonds is 8. The third-order valence-electron chi connectivity index (χ3n) is 4.90. The van der Waals surface area contributed by atoms with E-state index in [0.717, 1.165) is 19.5 Å². The van der Waals surface area contributed by atoms with Crippen molar-refractivity contribution >= 4 is 11.9 Å². The fraction of sp³-hybridized carbons (Fsp3) is 0.409. The number of carbonyl (C=O) groups excluding carboxylic acids is 1. The van der Waals surface area contributed by atoms with Gasteiger partial charge in [0, 0.05) is 32.0 Å². The highest BCUT2D eigenvalue weighted by atomic mass is 16.1. The van der Waals surface area contributed by atoms with Crippen LogP contribution in [0.2, 0.25) is 0 Å². The van der Waals surface area contributed by atoms with Crippen LogP contribution in [0.1, 0.15) is 54.9 Å². The first-order chi connectivity index (χ1) is 13.3. The highest BCUT2D eigenvalue weighted by Crippen LogP contribution is 2.19. The summed E-state index contributed by atoms with van der Waals surface area (Å²) in [6.45, 7) is 4.29. The van der Waals surface area contributed by atoms with Gasteiger partial charge in [-0.2, -0.15) is 0 Å². The van der Waals surface area contributed by atoms with Crippen molar-refractivity contribution in [1.29, 1.82) is 0 Å². The van der Waals surface area contributed by atoms with Gasteiger partial charge < -0.3 is 10.2 Å². The number of hydrogen-bond donors (Lipinski definition) is 1. The van der Waals surface area contributed by atoms with Crippen molar-refractivity contribution in [3.05, 3.63) is 65.5 Å². The fourth-order valence-corrected chi connectivity index (χ4v) is 3.30. The van der Waals surface area contributed by atoms with Crippen LogP contribution in [0.3, 0.4) is 0 Å². The van der Waals surface area contributed by atoms with E-state index in [9.17, 15) is 4.79 Å². The summed E-state index contributed by atoms with van der Waals surface area (Å²) >= 11 is 0. The zero-order valence-corrected chi connectivity index (χ0v) is 16.0. The summed E-state index contributed by atoms with van der Waals surface area (Å²) in [5, 5.41) is 2.98. The summed E-state index contributed by atoms with van der Waals surface area (Å²) in [6.07, 6.45) is 11.4. The van der Waals surface area contributed by atoms with Gasteiger partial charge in [-0.25, -0.2) is 9.97 Å². The first-order valence-corrected chi connectivity index (χ1v) is 9.83. The lowest BCUT2D eigenvalue weighted by Crippen LogP contribution is -2.27. The molecular formula is C22H28N4O. The average Bonchev–Trinajstić information content (AvgIpc) is 2.73. The molecule has 2 aromatic rings. The van der Waals surface area contributed by atoms with Crippen LogP contribution in [-0.2, 0) is 6.54 Å². The van der Waals surface area contributed by atoms with Gasteiger partial charge in [0.25, 0.3) is 5.91 Å². The lowest BCUT2D eigenvalue weighted by atomic mass is 9.97. The zero-order valence-electron chi connectivity index (χ0n) is 16.0.